The largest absolute Gasteiger partial charge is 0.492 e. The van der Waals surface area contributed by atoms with Crippen molar-refractivity contribution in [3.05, 3.63) is 54.6 Å². The molecule has 33 heavy (non-hydrogen) atoms. The van der Waals surface area contributed by atoms with Crippen LogP contribution in [0.5, 0.6) is 5.75 Å². The molecule has 2 heterocycles. The van der Waals surface area contributed by atoms with Crippen LogP contribution in [-0.4, -0.2) is 92.7 Å². The van der Waals surface area contributed by atoms with Gasteiger partial charge in [-0.1, -0.05) is 30.3 Å². The molecule has 2 aromatic carbocycles. The maximum Gasteiger partial charge on any atom is 0.227 e. The fourth-order valence-electron chi connectivity index (χ4n) is 3.94. The Hall–Kier alpha value is -2.94. The van der Waals surface area contributed by atoms with Crippen molar-refractivity contribution in [1.82, 2.24) is 14.9 Å². The Morgan fingerprint density at radius 3 is 2.45 bits per heavy atom. The molecular weight excluding hydrogens is 418 g/mol. The molecule has 3 aromatic rings. The van der Waals surface area contributed by atoms with Gasteiger partial charge in [-0.3, -0.25) is 4.90 Å². The summed E-state index contributed by atoms with van der Waals surface area (Å²) in [6.07, 6.45) is 0. The number of aromatic nitrogens is 2. The summed E-state index contributed by atoms with van der Waals surface area (Å²) < 4.78 is 11.3. The topological polar surface area (TPSA) is 74.2 Å². The lowest BCUT2D eigenvalue weighted by molar-refractivity contribution is 0.0724. The quantitative estimate of drug-likeness (QED) is 0.445. The Labute approximate surface area is 195 Å². The summed E-state index contributed by atoms with van der Waals surface area (Å²) in [5.74, 6) is 2.57. The Bertz CT molecular complexity index is 996. The number of fused-ring (bicyclic) bond motifs is 1. The molecule has 4 rings (SSSR count). The van der Waals surface area contributed by atoms with Gasteiger partial charge in [0.05, 0.1) is 31.9 Å². The molecule has 0 bridgehead atoms. The summed E-state index contributed by atoms with van der Waals surface area (Å²) >= 11 is 0. The molecule has 1 aliphatic rings. The zero-order chi connectivity index (χ0) is 22.9. The number of anilines is 2. The second-order valence-electron chi connectivity index (χ2n) is 8.11. The summed E-state index contributed by atoms with van der Waals surface area (Å²) in [4.78, 5) is 16.6. The number of nitrogens with zero attached hydrogens (tertiary/aromatic N) is 5. The first-order chi connectivity index (χ1) is 16.2. The summed E-state index contributed by atoms with van der Waals surface area (Å²) in [6, 6.07) is 18.1. The van der Waals surface area contributed by atoms with Crippen molar-refractivity contribution >= 4 is 22.7 Å². The van der Waals surface area contributed by atoms with Gasteiger partial charge in [-0.15, -0.1) is 0 Å². The number of ether oxygens (including phenoxy) is 2. The predicted octanol–water partition coefficient (Wildman–Crippen LogP) is 2.28. The second-order valence-corrected chi connectivity index (χ2v) is 8.11. The Morgan fingerprint density at radius 2 is 1.67 bits per heavy atom. The molecule has 1 saturated heterocycles. The highest BCUT2D eigenvalue weighted by Crippen LogP contribution is 2.26. The van der Waals surface area contributed by atoms with Crippen LogP contribution in [0, 0.1) is 0 Å². The molecular formula is C25H33N5O3. The molecule has 8 nitrogen and oxygen atoms in total. The van der Waals surface area contributed by atoms with E-state index in [2.05, 4.69) is 27.8 Å². The number of benzene rings is 2. The van der Waals surface area contributed by atoms with Crippen molar-refractivity contribution in [3.8, 4) is 5.75 Å². The van der Waals surface area contributed by atoms with Crippen molar-refractivity contribution in [1.29, 1.82) is 0 Å². The zero-order valence-corrected chi connectivity index (χ0v) is 19.3. The number of piperazine rings is 1. The maximum atomic E-state index is 8.83. The third-order valence-corrected chi connectivity index (χ3v) is 5.81. The zero-order valence-electron chi connectivity index (χ0n) is 19.3. The molecule has 0 aliphatic carbocycles. The van der Waals surface area contributed by atoms with Crippen LogP contribution in [0.3, 0.4) is 0 Å². The van der Waals surface area contributed by atoms with E-state index >= 15 is 0 Å². The summed E-state index contributed by atoms with van der Waals surface area (Å²) in [5, 5.41) is 9.88. The maximum absolute atomic E-state index is 8.83. The minimum Gasteiger partial charge on any atom is -0.492 e. The fraction of sp³-hybridized carbons (Fsp3) is 0.440. The SMILES string of the molecule is CN(CCOc1ccccc1)c1nc(N2CCN(CCOCCO)CC2)nc2ccccc12. The number of aliphatic hydroxyl groups is 1. The van der Waals surface area contributed by atoms with Gasteiger partial charge < -0.3 is 24.4 Å². The van der Waals surface area contributed by atoms with Crippen molar-refractivity contribution in [2.24, 2.45) is 0 Å². The summed E-state index contributed by atoms with van der Waals surface area (Å²) in [5.41, 5.74) is 0.952. The molecule has 0 amide bonds. The highest BCUT2D eigenvalue weighted by Gasteiger charge is 2.21. The monoisotopic (exact) mass is 451 g/mol. The van der Waals surface area contributed by atoms with Gasteiger partial charge in [0, 0.05) is 45.2 Å². The van der Waals surface area contributed by atoms with E-state index in [0.29, 0.717) is 19.8 Å². The van der Waals surface area contributed by atoms with Crippen molar-refractivity contribution in [2.45, 2.75) is 0 Å². The first-order valence-electron chi connectivity index (χ1n) is 11.6. The van der Waals surface area contributed by atoms with Gasteiger partial charge in [-0.25, -0.2) is 4.98 Å². The van der Waals surface area contributed by atoms with Crippen LogP contribution in [-0.2, 0) is 4.74 Å². The summed E-state index contributed by atoms with van der Waals surface area (Å²) in [6.45, 7) is 6.91. The van der Waals surface area contributed by atoms with Crippen LogP contribution in [0.2, 0.25) is 0 Å². The van der Waals surface area contributed by atoms with Gasteiger partial charge in [0.15, 0.2) is 0 Å². The standard InChI is InChI=1S/C25H33N5O3/c1-28(15-19-33-21-7-3-2-4-8-21)24-22-9-5-6-10-23(22)26-25(27-24)30-13-11-29(12-14-30)16-18-32-20-17-31/h2-10,31H,11-20H2,1H3. The third-order valence-electron chi connectivity index (χ3n) is 5.81. The number of aliphatic hydroxyl groups excluding tert-OH is 1. The van der Waals surface area contributed by atoms with Crippen LogP contribution in [0.4, 0.5) is 11.8 Å². The van der Waals surface area contributed by atoms with E-state index in [1.54, 1.807) is 0 Å². The van der Waals surface area contributed by atoms with E-state index in [9.17, 15) is 0 Å². The average Bonchev–Trinajstić information content (AvgIpc) is 2.87. The Kier molecular flexibility index (Phi) is 8.30. The van der Waals surface area contributed by atoms with E-state index in [4.69, 9.17) is 24.5 Å². The first kappa shape index (κ1) is 23.2. The molecule has 1 N–H and O–H groups in total. The number of likely N-dealkylation sites (N-methyl/N-ethyl adjacent to an activating group) is 1. The highest BCUT2D eigenvalue weighted by atomic mass is 16.5. The second kappa shape index (κ2) is 11.8. The molecule has 1 fully saturated rings. The third kappa shape index (κ3) is 6.31. The van der Waals surface area contributed by atoms with E-state index in [1.807, 2.05) is 48.5 Å². The molecule has 0 unspecified atom stereocenters. The molecule has 1 aromatic heterocycles. The fourth-order valence-corrected chi connectivity index (χ4v) is 3.94. The van der Waals surface area contributed by atoms with E-state index in [1.165, 1.54) is 0 Å². The number of rotatable bonds is 11. The van der Waals surface area contributed by atoms with Gasteiger partial charge in [0.1, 0.15) is 18.2 Å². The molecule has 8 heteroatoms. The molecule has 0 radical (unpaired) electrons. The van der Waals surface area contributed by atoms with E-state index in [-0.39, 0.29) is 6.61 Å². The minimum absolute atomic E-state index is 0.0717. The normalized spacial score (nSPS) is 14.5. The molecule has 0 atom stereocenters. The average molecular weight is 452 g/mol. The van der Waals surface area contributed by atoms with Crippen molar-refractivity contribution in [3.63, 3.8) is 0 Å². The minimum atomic E-state index is 0.0717. The van der Waals surface area contributed by atoms with Gasteiger partial charge in [0.25, 0.3) is 0 Å². The van der Waals surface area contributed by atoms with Crippen LogP contribution in [0.25, 0.3) is 10.9 Å². The van der Waals surface area contributed by atoms with Crippen LogP contribution in [0.15, 0.2) is 54.6 Å². The van der Waals surface area contributed by atoms with E-state index in [0.717, 1.165) is 67.7 Å². The van der Waals surface area contributed by atoms with Crippen molar-refractivity contribution < 1.29 is 14.6 Å². The lowest BCUT2D eigenvalue weighted by atomic mass is 10.2. The van der Waals surface area contributed by atoms with Crippen molar-refractivity contribution in [2.75, 3.05) is 82.5 Å². The Morgan fingerprint density at radius 1 is 0.909 bits per heavy atom. The molecule has 0 saturated carbocycles. The van der Waals surface area contributed by atoms with Gasteiger partial charge in [-0.2, -0.15) is 4.98 Å². The smallest absolute Gasteiger partial charge is 0.227 e. The van der Waals surface area contributed by atoms with Gasteiger partial charge in [-0.05, 0) is 24.3 Å². The molecule has 1 aliphatic heterocycles. The molecule has 176 valence electrons. The number of para-hydroxylation sites is 2. The first-order valence-corrected chi connectivity index (χ1v) is 11.6. The highest BCUT2D eigenvalue weighted by molar-refractivity contribution is 5.90. The molecule has 0 spiro atoms. The lowest BCUT2D eigenvalue weighted by Crippen LogP contribution is -2.48. The van der Waals surface area contributed by atoms with Gasteiger partial charge >= 0.3 is 0 Å². The van der Waals surface area contributed by atoms with Crippen LogP contribution >= 0.6 is 0 Å². The lowest BCUT2D eigenvalue weighted by Gasteiger charge is -2.35. The summed E-state index contributed by atoms with van der Waals surface area (Å²) in [7, 11) is 2.05. The van der Waals surface area contributed by atoms with Crippen LogP contribution in [0.1, 0.15) is 0 Å². The number of hydrogen-bond acceptors (Lipinski definition) is 8. The van der Waals surface area contributed by atoms with Crippen LogP contribution < -0.4 is 14.5 Å². The van der Waals surface area contributed by atoms with E-state index < -0.39 is 0 Å². The van der Waals surface area contributed by atoms with Gasteiger partial charge in [0.2, 0.25) is 5.95 Å². The number of hydrogen-bond donors (Lipinski definition) is 1. The Balaban J connectivity index is 1.41. The predicted molar refractivity (Wildman–Crippen MR) is 131 cm³/mol.